The number of hydrogen-bond donors (Lipinski definition) is 1. The molecule has 122 valence electrons. The summed E-state index contributed by atoms with van der Waals surface area (Å²) >= 11 is 0. The van der Waals surface area contributed by atoms with Gasteiger partial charge >= 0.3 is 6.03 Å². The molecule has 1 N–H and O–H groups in total. The fraction of sp³-hybridized carbons (Fsp3) is 0.800. The van der Waals surface area contributed by atoms with Crippen LogP contribution in [0.2, 0.25) is 0 Å². The van der Waals surface area contributed by atoms with Gasteiger partial charge in [0.05, 0.1) is 6.54 Å². The topological polar surface area (TPSA) is 74.5 Å². The minimum Gasteiger partial charge on any atom is -0.339 e. The summed E-state index contributed by atoms with van der Waals surface area (Å²) in [7, 11) is 0. The van der Waals surface area contributed by atoms with Gasteiger partial charge in [-0.1, -0.05) is 19.0 Å². The normalized spacial score (nSPS) is 20.9. The Labute approximate surface area is 131 Å². The van der Waals surface area contributed by atoms with Gasteiger partial charge in [-0.2, -0.15) is 4.98 Å². The molecule has 0 aromatic carbocycles. The lowest BCUT2D eigenvalue weighted by atomic mass is 10.0. The van der Waals surface area contributed by atoms with Crippen LogP contribution in [0.1, 0.15) is 38.4 Å². The van der Waals surface area contributed by atoms with Crippen molar-refractivity contribution in [1.29, 1.82) is 0 Å². The van der Waals surface area contributed by atoms with Crippen molar-refractivity contribution in [3.05, 3.63) is 11.7 Å². The molecule has 1 aromatic rings. The third-order valence-electron chi connectivity index (χ3n) is 4.35. The Morgan fingerprint density at radius 3 is 2.73 bits per heavy atom. The Hall–Kier alpha value is -1.63. The molecule has 7 nitrogen and oxygen atoms in total. The predicted molar refractivity (Wildman–Crippen MR) is 81.2 cm³/mol. The Bertz CT molecular complexity index is 508. The maximum Gasteiger partial charge on any atom is 0.317 e. The molecule has 2 fully saturated rings. The molecule has 2 aliphatic rings. The lowest BCUT2D eigenvalue weighted by molar-refractivity contribution is 0.130. The van der Waals surface area contributed by atoms with Crippen molar-refractivity contribution in [1.82, 2.24) is 25.3 Å². The number of likely N-dealkylation sites (tertiary alicyclic amines) is 1. The van der Waals surface area contributed by atoms with Crippen LogP contribution in [0, 0.1) is 5.92 Å². The second-order valence-electron chi connectivity index (χ2n) is 6.63. The number of nitrogens with zero attached hydrogens (tertiary/aromatic N) is 4. The van der Waals surface area contributed by atoms with Crippen LogP contribution in [0.25, 0.3) is 0 Å². The van der Waals surface area contributed by atoms with Crippen molar-refractivity contribution in [2.45, 2.75) is 45.7 Å². The fourth-order valence-electron chi connectivity index (χ4n) is 3.21. The second kappa shape index (κ2) is 6.64. The molecule has 3 rings (SSSR count). The number of urea groups is 1. The van der Waals surface area contributed by atoms with Gasteiger partial charge in [-0.05, 0) is 18.8 Å². The molecule has 1 aromatic heterocycles. The van der Waals surface area contributed by atoms with Crippen molar-refractivity contribution >= 4 is 6.03 Å². The van der Waals surface area contributed by atoms with Crippen molar-refractivity contribution in [2.75, 3.05) is 26.2 Å². The summed E-state index contributed by atoms with van der Waals surface area (Å²) in [5.41, 5.74) is 0. The van der Waals surface area contributed by atoms with E-state index in [4.69, 9.17) is 4.52 Å². The van der Waals surface area contributed by atoms with Gasteiger partial charge in [-0.15, -0.1) is 0 Å². The van der Waals surface area contributed by atoms with Crippen LogP contribution in [0.4, 0.5) is 4.79 Å². The van der Waals surface area contributed by atoms with Crippen molar-refractivity contribution in [2.24, 2.45) is 5.92 Å². The molecule has 7 heteroatoms. The predicted octanol–water partition coefficient (Wildman–Crippen LogP) is 1.26. The SMILES string of the molecule is CC(C)Cc1nc(CN2CCC(N3CCNC3=O)CC2)no1. The van der Waals surface area contributed by atoms with E-state index in [1.165, 1.54) is 0 Å². The first-order valence-corrected chi connectivity index (χ1v) is 8.20. The molecule has 2 amide bonds. The highest BCUT2D eigenvalue weighted by molar-refractivity contribution is 5.76. The molecule has 3 heterocycles. The third kappa shape index (κ3) is 3.58. The summed E-state index contributed by atoms with van der Waals surface area (Å²) in [4.78, 5) is 20.5. The zero-order valence-electron chi connectivity index (χ0n) is 13.4. The summed E-state index contributed by atoms with van der Waals surface area (Å²) in [6.07, 6.45) is 2.87. The first kappa shape index (κ1) is 15.3. The molecule has 0 bridgehead atoms. The van der Waals surface area contributed by atoms with Crippen molar-refractivity contribution in [3.8, 4) is 0 Å². The van der Waals surface area contributed by atoms with E-state index in [1.807, 2.05) is 4.90 Å². The Morgan fingerprint density at radius 2 is 2.09 bits per heavy atom. The highest BCUT2D eigenvalue weighted by Crippen LogP contribution is 2.19. The number of nitrogens with one attached hydrogen (secondary N) is 1. The maximum atomic E-state index is 11.7. The van der Waals surface area contributed by atoms with E-state index in [9.17, 15) is 4.79 Å². The summed E-state index contributed by atoms with van der Waals surface area (Å²) in [5, 5.41) is 6.95. The van der Waals surface area contributed by atoms with Gasteiger partial charge < -0.3 is 14.7 Å². The first-order valence-electron chi connectivity index (χ1n) is 8.20. The number of hydrogen-bond acceptors (Lipinski definition) is 5. The minimum atomic E-state index is 0.0925. The van der Waals surface area contributed by atoms with E-state index in [2.05, 4.69) is 34.2 Å². The summed E-state index contributed by atoms with van der Waals surface area (Å²) < 4.78 is 5.28. The molecule has 0 atom stereocenters. The average molecular weight is 307 g/mol. The highest BCUT2D eigenvalue weighted by Gasteiger charge is 2.30. The van der Waals surface area contributed by atoms with Crippen LogP contribution < -0.4 is 5.32 Å². The summed E-state index contributed by atoms with van der Waals surface area (Å²) in [5.74, 6) is 2.03. The number of rotatable bonds is 5. The zero-order valence-corrected chi connectivity index (χ0v) is 13.4. The van der Waals surface area contributed by atoms with Gasteiger partial charge in [0.15, 0.2) is 5.82 Å². The molecular formula is C15H25N5O2. The quantitative estimate of drug-likeness (QED) is 0.886. The van der Waals surface area contributed by atoms with Crippen LogP contribution in [-0.4, -0.2) is 58.2 Å². The smallest absolute Gasteiger partial charge is 0.317 e. The number of amides is 2. The van der Waals surface area contributed by atoms with Crippen LogP contribution in [0.5, 0.6) is 0 Å². The highest BCUT2D eigenvalue weighted by atomic mass is 16.5. The van der Waals surface area contributed by atoms with Crippen molar-refractivity contribution < 1.29 is 9.32 Å². The Morgan fingerprint density at radius 1 is 1.32 bits per heavy atom. The minimum absolute atomic E-state index is 0.0925. The number of carbonyl (C=O) groups excluding carboxylic acids is 1. The third-order valence-corrected chi connectivity index (χ3v) is 4.35. The molecular weight excluding hydrogens is 282 g/mol. The van der Waals surface area contributed by atoms with E-state index in [0.717, 1.165) is 63.7 Å². The molecule has 22 heavy (non-hydrogen) atoms. The van der Waals surface area contributed by atoms with E-state index < -0.39 is 0 Å². The van der Waals surface area contributed by atoms with Crippen LogP contribution >= 0.6 is 0 Å². The largest absolute Gasteiger partial charge is 0.339 e. The van der Waals surface area contributed by atoms with Gasteiger partial charge in [0.1, 0.15) is 0 Å². The molecule has 0 spiro atoms. The molecule has 0 radical (unpaired) electrons. The first-order chi connectivity index (χ1) is 10.6. The molecule has 0 unspecified atom stereocenters. The number of carbonyl (C=O) groups is 1. The fourth-order valence-corrected chi connectivity index (χ4v) is 3.21. The van der Waals surface area contributed by atoms with E-state index in [0.29, 0.717) is 12.0 Å². The lowest BCUT2D eigenvalue weighted by Crippen LogP contribution is -2.45. The average Bonchev–Trinajstić information content (AvgIpc) is 3.08. The molecule has 0 aliphatic carbocycles. The van der Waals surface area contributed by atoms with Crippen LogP contribution in [-0.2, 0) is 13.0 Å². The number of piperidine rings is 1. The summed E-state index contributed by atoms with van der Waals surface area (Å²) in [6, 6.07) is 0.468. The molecule has 2 aliphatic heterocycles. The van der Waals surface area contributed by atoms with Gasteiger partial charge in [-0.25, -0.2) is 4.79 Å². The molecule has 2 saturated heterocycles. The van der Waals surface area contributed by atoms with E-state index in [-0.39, 0.29) is 6.03 Å². The zero-order chi connectivity index (χ0) is 15.5. The van der Waals surface area contributed by atoms with E-state index in [1.54, 1.807) is 0 Å². The monoisotopic (exact) mass is 307 g/mol. The summed E-state index contributed by atoms with van der Waals surface area (Å²) in [6.45, 7) is 8.59. The van der Waals surface area contributed by atoms with E-state index >= 15 is 0 Å². The van der Waals surface area contributed by atoms with Gasteiger partial charge in [0.25, 0.3) is 0 Å². The Kier molecular flexibility index (Phi) is 4.61. The Balaban J connectivity index is 1.47. The second-order valence-corrected chi connectivity index (χ2v) is 6.63. The lowest BCUT2D eigenvalue weighted by Gasteiger charge is -2.35. The van der Waals surface area contributed by atoms with Crippen molar-refractivity contribution in [3.63, 3.8) is 0 Å². The van der Waals surface area contributed by atoms with Crippen LogP contribution in [0.15, 0.2) is 4.52 Å². The molecule has 0 saturated carbocycles. The van der Waals surface area contributed by atoms with Crippen LogP contribution in [0.3, 0.4) is 0 Å². The standard InChI is InChI=1S/C15H25N5O2/c1-11(2)9-14-17-13(18-22-14)10-19-6-3-12(4-7-19)20-8-5-16-15(20)21/h11-12H,3-10H2,1-2H3,(H,16,21). The van der Waals surface area contributed by atoms with Gasteiger partial charge in [0.2, 0.25) is 5.89 Å². The number of aromatic nitrogens is 2. The van der Waals surface area contributed by atoms with Gasteiger partial charge in [-0.3, -0.25) is 4.90 Å². The van der Waals surface area contributed by atoms with Gasteiger partial charge in [0, 0.05) is 38.6 Å². The maximum absolute atomic E-state index is 11.7.